The summed E-state index contributed by atoms with van der Waals surface area (Å²) in [5.41, 5.74) is 2.46. The number of hydrogen-bond acceptors (Lipinski definition) is 3. The average molecular weight is 301 g/mol. The maximum atomic E-state index is 12.1. The van der Waals surface area contributed by atoms with Crippen molar-refractivity contribution in [3.63, 3.8) is 0 Å². The van der Waals surface area contributed by atoms with Crippen LogP contribution in [0, 0.1) is 0 Å². The molecule has 5 nitrogen and oxygen atoms in total. The molecule has 1 heterocycles. The highest BCUT2D eigenvalue weighted by Gasteiger charge is 2.16. The molecule has 1 amide bonds. The van der Waals surface area contributed by atoms with Gasteiger partial charge in [0.05, 0.1) is 23.9 Å². The summed E-state index contributed by atoms with van der Waals surface area (Å²) in [7, 11) is 0. The lowest BCUT2D eigenvalue weighted by molar-refractivity contribution is 0.0954. The second-order valence-electron chi connectivity index (χ2n) is 6.32. The number of nitrogens with zero attached hydrogens (tertiary/aromatic N) is 2. The number of aromatic nitrogens is 2. The van der Waals surface area contributed by atoms with E-state index >= 15 is 0 Å². The molecule has 0 aliphatic rings. The summed E-state index contributed by atoms with van der Waals surface area (Å²) >= 11 is 0. The maximum absolute atomic E-state index is 12.1. The fourth-order valence-electron chi connectivity index (χ4n) is 2.04. The van der Waals surface area contributed by atoms with Gasteiger partial charge >= 0.3 is 0 Å². The molecule has 0 aliphatic heterocycles. The van der Waals surface area contributed by atoms with Crippen molar-refractivity contribution in [2.45, 2.75) is 39.3 Å². The van der Waals surface area contributed by atoms with E-state index in [0.717, 1.165) is 17.5 Å². The highest BCUT2D eigenvalue weighted by Crippen LogP contribution is 2.13. The summed E-state index contributed by atoms with van der Waals surface area (Å²) in [5.74, 6) is -0.109. The van der Waals surface area contributed by atoms with Crippen LogP contribution in [0.25, 0.3) is 0 Å². The molecule has 22 heavy (non-hydrogen) atoms. The van der Waals surface area contributed by atoms with Gasteiger partial charge in [0, 0.05) is 12.7 Å². The first kappa shape index (κ1) is 16.2. The van der Waals surface area contributed by atoms with Gasteiger partial charge in [-0.3, -0.25) is 9.48 Å². The number of rotatable bonds is 5. The molecule has 0 saturated carbocycles. The first-order valence-corrected chi connectivity index (χ1v) is 7.42. The van der Waals surface area contributed by atoms with Crippen molar-refractivity contribution < 1.29 is 9.90 Å². The molecule has 0 radical (unpaired) electrons. The summed E-state index contributed by atoms with van der Waals surface area (Å²) in [5, 5.41) is 16.1. The van der Waals surface area contributed by atoms with E-state index in [1.54, 1.807) is 17.1 Å². The topological polar surface area (TPSA) is 67.2 Å². The Balaban J connectivity index is 1.86. The van der Waals surface area contributed by atoms with Crippen molar-refractivity contribution in [2.75, 3.05) is 6.54 Å². The minimum atomic E-state index is -0.132. The van der Waals surface area contributed by atoms with Gasteiger partial charge in [0.25, 0.3) is 5.91 Å². The molecule has 1 aromatic carbocycles. The van der Waals surface area contributed by atoms with Crippen molar-refractivity contribution in [3.05, 3.63) is 53.3 Å². The molecule has 1 aromatic heterocycles. The molecule has 2 rings (SSSR count). The number of hydrogen-bond donors (Lipinski definition) is 2. The van der Waals surface area contributed by atoms with E-state index in [-0.39, 0.29) is 18.1 Å². The molecule has 2 N–H and O–H groups in total. The summed E-state index contributed by atoms with van der Waals surface area (Å²) in [4.78, 5) is 12.1. The van der Waals surface area contributed by atoms with Gasteiger partial charge in [-0.1, -0.05) is 24.3 Å². The lowest BCUT2D eigenvalue weighted by atomic mass is 10.1. The number of nitrogens with one attached hydrogen (secondary N) is 1. The minimum absolute atomic E-state index is 0.0504. The number of aliphatic hydroxyl groups excluding tert-OH is 1. The van der Waals surface area contributed by atoms with Crippen LogP contribution in [-0.2, 0) is 18.6 Å². The molecule has 0 saturated heterocycles. The van der Waals surface area contributed by atoms with Crippen molar-refractivity contribution in [1.82, 2.24) is 15.1 Å². The third-order valence-corrected chi connectivity index (χ3v) is 3.44. The Labute approximate surface area is 131 Å². The zero-order chi connectivity index (χ0) is 16.2. The smallest absolute Gasteiger partial charge is 0.254 e. The Morgan fingerprint density at radius 2 is 1.86 bits per heavy atom. The summed E-state index contributed by atoms with van der Waals surface area (Å²) in [6, 6.07) is 7.72. The van der Waals surface area contributed by atoms with Gasteiger partial charge in [-0.15, -0.1) is 0 Å². The molecular formula is C17H23N3O2. The molecular weight excluding hydrogens is 278 g/mol. The Kier molecular flexibility index (Phi) is 4.98. The van der Waals surface area contributed by atoms with Crippen LogP contribution in [0.4, 0.5) is 0 Å². The van der Waals surface area contributed by atoms with Gasteiger partial charge in [-0.25, -0.2) is 0 Å². The quantitative estimate of drug-likeness (QED) is 0.889. The molecule has 5 heteroatoms. The highest BCUT2D eigenvalue weighted by atomic mass is 16.3. The third-order valence-electron chi connectivity index (χ3n) is 3.44. The SMILES string of the molecule is CC(C)(C)n1cc(C(=O)NCCc2ccc(CO)cc2)cn1. The van der Waals surface area contributed by atoms with Gasteiger partial charge in [-0.2, -0.15) is 5.10 Å². The third kappa shape index (κ3) is 4.18. The Morgan fingerprint density at radius 3 is 2.41 bits per heavy atom. The standard InChI is InChI=1S/C17H23N3O2/c1-17(2,3)20-11-15(10-19-20)16(22)18-9-8-13-4-6-14(12-21)7-5-13/h4-7,10-11,21H,8-9,12H2,1-3H3,(H,18,22). The number of benzene rings is 1. The molecule has 0 aliphatic carbocycles. The van der Waals surface area contributed by atoms with Gasteiger partial charge in [-0.05, 0) is 38.3 Å². The first-order chi connectivity index (χ1) is 10.4. The normalized spacial score (nSPS) is 11.5. The zero-order valence-electron chi connectivity index (χ0n) is 13.3. The number of aliphatic hydroxyl groups is 1. The second kappa shape index (κ2) is 6.75. The lowest BCUT2D eigenvalue weighted by Gasteiger charge is -2.18. The molecule has 118 valence electrons. The van der Waals surface area contributed by atoms with Crippen LogP contribution in [0.3, 0.4) is 0 Å². The van der Waals surface area contributed by atoms with E-state index in [0.29, 0.717) is 12.1 Å². The number of carbonyl (C=O) groups is 1. The van der Waals surface area contributed by atoms with Crippen LogP contribution >= 0.6 is 0 Å². The largest absolute Gasteiger partial charge is 0.392 e. The van der Waals surface area contributed by atoms with Gasteiger partial charge in [0.15, 0.2) is 0 Å². The second-order valence-corrected chi connectivity index (χ2v) is 6.32. The van der Waals surface area contributed by atoms with E-state index in [1.807, 2.05) is 45.0 Å². The first-order valence-electron chi connectivity index (χ1n) is 7.42. The fraction of sp³-hybridized carbons (Fsp3) is 0.412. The van der Waals surface area contributed by atoms with Crippen molar-refractivity contribution in [2.24, 2.45) is 0 Å². The molecule has 2 aromatic rings. The highest BCUT2D eigenvalue weighted by molar-refractivity contribution is 5.93. The maximum Gasteiger partial charge on any atom is 0.254 e. The van der Waals surface area contributed by atoms with Crippen molar-refractivity contribution in [3.8, 4) is 0 Å². The van der Waals surface area contributed by atoms with Crippen molar-refractivity contribution in [1.29, 1.82) is 0 Å². The molecule has 0 unspecified atom stereocenters. The Bertz CT molecular complexity index is 624. The number of carbonyl (C=O) groups excluding carboxylic acids is 1. The monoisotopic (exact) mass is 301 g/mol. The Hall–Kier alpha value is -2.14. The van der Waals surface area contributed by atoms with Crippen LogP contribution in [0.2, 0.25) is 0 Å². The Morgan fingerprint density at radius 1 is 1.23 bits per heavy atom. The summed E-state index contributed by atoms with van der Waals surface area (Å²) in [6.07, 6.45) is 4.12. The average Bonchev–Trinajstić information content (AvgIpc) is 2.98. The van der Waals surface area contributed by atoms with E-state index in [9.17, 15) is 4.79 Å². The van der Waals surface area contributed by atoms with Gasteiger partial charge in [0.2, 0.25) is 0 Å². The van der Waals surface area contributed by atoms with Crippen LogP contribution in [-0.4, -0.2) is 27.3 Å². The van der Waals surface area contributed by atoms with E-state index < -0.39 is 0 Å². The lowest BCUT2D eigenvalue weighted by Crippen LogP contribution is -2.26. The molecule has 0 spiro atoms. The summed E-state index contributed by atoms with van der Waals surface area (Å²) < 4.78 is 1.79. The van der Waals surface area contributed by atoms with Gasteiger partial charge in [0.1, 0.15) is 0 Å². The van der Waals surface area contributed by atoms with Crippen LogP contribution in [0.5, 0.6) is 0 Å². The summed E-state index contributed by atoms with van der Waals surface area (Å²) in [6.45, 7) is 6.74. The van der Waals surface area contributed by atoms with Crippen LogP contribution in [0.1, 0.15) is 42.3 Å². The number of amides is 1. The van der Waals surface area contributed by atoms with E-state index in [4.69, 9.17) is 5.11 Å². The molecule has 0 bridgehead atoms. The van der Waals surface area contributed by atoms with E-state index in [2.05, 4.69) is 10.4 Å². The zero-order valence-corrected chi connectivity index (χ0v) is 13.3. The fourth-order valence-corrected chi connectivity index (χ4v) is 2.04. The van der Waals surface area contributed by atoms with Crippen LogP contribution in [0.15, 0.2) is 36.7 Å². The minimum Gasteiger partial charge on any atom is -0.392 e. The molecule has 0 fully saturated rings. The molecule has 0 atom stereocenters. The van der Waals surface area contributed by atoms with Crippen molar-refractivity contribution >= 4 is 5.91 Å². The van der Waals surface area contributed by atoms with Crippen LogP contribution < -0.4 is 5.32 Å². The van der Waals surface area contributed by atoms with E-state index in [1.165, 1.54) is 0 Å². The predicted octanol–water partition coefficient (Wildman–Crippen LogP) is 2.10. The van der Waals surface area contributed by atoms with Gasteiger partial charge < -0.3 is 10.4 Å². The predicted molar refractivity (Wildman–Crippen MR) is 85.6 cm³/mol.